The number of amides is 1. The van der Waals surface area contributed by atoms with Gasteiger partial charge in [0.2, 0.25) is 5.91 Å². The molecule has 19 heavy (non-hydrogen) atoms. The molecule has 3 nitrogen and oxygen atoms in total. The molecule has 0 aliphatic heterocycles. The summed E-state index contributed by atoms with van der Waals surface area (Å²) in [6, 6.07) is 1.88. The number of hydrogen-bond acceptors (Lipinski definition) is 3. The van der Waals surface area contributed by atoms with E-state index in [-0.39, 0.29) is 5.91 Å². The zero-order valence-electron chi connectivity index (χ0n) is 11.1. The fraction of sp³-hybridized carbons (Fsp3) is 0.615. The summed E-state index contributed by atoms with van der Waals surface area (Å²) < 4.78 is 1.43. The van der Waals surface area contributed by atoms with E-state index in [4.69, 9.17) is 23.2 Å². The second-order valence-corrected chi connectivity index (χ2v) is 6.59. The van der Waals surface area contributed by atoms with Gasteiger partial charge in [-0.1, -0.05) is 30.1 Å². The molecule has 0 aliphatic rings. The van der Waals surface area contributed by atoms with E-state index in [1.54, 1.807) is 0 Å². The molecule has 0 atom stereocenters. The number of nitrogens with one attached hydrogen (secondary N) is 2. The second-order valence-electron chi connectivity index (χ2n) is 4.30. The molecule has 1 rings (SSSR count). The van der Waals surface area contributed by atoms with Crippen molar-refractivity contribution in [2.45, 2.75) is 32.6 Å². The van der Waals surface area contributed by atoms with Gasteiger partial charge in [-0.15, -0.1) is 11.3 Å². The summed E-state index contributed by atoms with van der Waals surface area (Å²) in [5, 5.41) is 6.13. The van der Waals surface area contributed by atoms with Gasteiger partial charge < -0.3 is 10.6 Å². The van der Waals surface area contributed by atoms with Gasteiger partial charge in [-0.3, -0.25) is 4.79 Å². The molecule has 108 valence electrons. The molecule has 0 spiro atoms. The summed E-state index contributed by atoms with van der Waals surface area (Å²) in [6.45, 7) is 4.62. The highest BCUT2D eigenvalue weighted by molar-refractivity contribution is 7.20. The molecule has 2 N–H and O–H groups in total. The van der Waals surface area contributed by atoms with E-state index in [0.29, 0.717) is 17.3 Å². The molecule has 1 aromatic heterocycles. The molecule has 0 aromatic carbocycles. The van der Waals surface area contributed by atoms with E-state index in [9.17, 15) is 4.79 Å². The lowest BCUT2D eigenvalue weighted by atomic mass is 10.1. The fourth-order valence-corrected chi connectivity index (χ4v) is 3.21. The zero-order chi connectivity index (χ0) is 14.1. The molecule has 1 aromatic rings. The van der Waals surface area contributed by atoms with Gasteiger partial charge in [0.1, 0.15) is 0 Å². The zero-order valence-corrected chi connectivity index (χ0v) is 13.4. The highest BCUT2D eigenvalue weighted by Gasteiger charge is 2.07. The van der Waals surface area contributed by atoms with Crippen LogP contribution in [0.2, 0.25) is 8.67 Å². The number of carbonyl (C=O) groups excluding carboxylic acids is 1. The maximum Gasteiger partial charge on any atom is 0.220 e. The van der Waals surface area contributed by atoms with Crippen molar-refractivity contribution in [2.24, 2.45) is 0 Å². The maximum atomic E-state index is 11.6. The van der Waals surface area contributed by atoms with E-state index in [1.807, 2.05) is 6.07 Å². The smallest absolute Gasteiger partial charge is 0.220 e. The van der Waals surface area contributed by atoms with Crippen molar-refractivity contribution in [3.63, 3.8) is 0 Å². The summed E-state index contributed by atoms with van der Waals surface area (Å²) in [6.07, 6.45) is 3.22. The highest BCUT2D eigenvalue weighted by Crippen LogP contribution is 2.31. The quantitative estimate of drug-likeness (QED) is 0.683. The van der Waals surface area contributed by atoms with Gasteiger partial charge in [0.15, 0.2) is 0 Å². The molecule has 1 heterocycles. The molecule has 0 fully saturated rings. The average molecular weight is 323 g/mol. The van der Waals surface area contributed by atoms with E-state index in [1.165, 1.54) is 11.3 Å². The Labute approximate surface area is 128 Å². The first-order valence-electron chi connectivity index (χ1n) is 6.54. The lowest BCUT2D eigenvalue weighted by Gasteiger charge is -2.06. The Kier molecular flexibility index (Phi) is 8.46. The Morgan fingerprint density at radius 3 is 2.74 bits per heavy atom. The lowest BCUT2D eigenvalue weighted by molar-refractivity contribution is -0.121. The average Bonchev–Trinajstić information content (AvgIpc) is 2.68. The van der Waals surface area contributed by atoms with Crippen LogP contribution >= 0.6 is 34.5 Å². The largest absolute Gasteiger partial charge is 0.355 e. The van der Waals surface area contributed by atoms with Gasteiger partial charge in [0.05, 0.1) is 8.67 Å². The Bertz CT molecular complexity index is 396. The SMILES string of the molecule is CCCNCCNC(=O)CCCc1cc(Cl)sc1Cl. The summed E-state index contributed by atoms with van der Waals surface area (Å²) in [5.74, 6) is 0.0933. The van der Waals surface area contributed by atoms with E-state index < -0.39 is 0 Å². The van der Waals surface area contributed by atoms with Crippen LogP contribution < -0.4 is 10.6 Å². The third kappa shape index (κ3) is 7.16. The molecule has 0 bridgehead atoms. The first-order chi connectivity index (χ1) is 9.13. The number of carbonyl (C=O) groups is 1. The lowest BCUT2D eigenvalue weighted by Crippen LogP contribution is -2.31. The number of rotatable bonds is 9. The van der Waals surface area contributed by atoms with Crippen LogP contribution in [0.25, 0.3) is 0 Å². The van der Waals surface area contributed by atoms with E-state index >= 15 is 0 Å². The van der Waals surface area contributed by atoms with Crippen LogP contribution in [0.1, 0.15) is 31.7 Å². The minimum atomic E-state index is 0.0933. The van der Waals surface area contributed by atoms with Gasteiger partial charge in [-0.25, -0.2) is 0 Å². The minimum Gasteiger partial charge on any atom is -0.355 e. The van der Waals surface area contributed by atoms with Gasteiger partial charge in [0, 0.05) is 19.5 Å². The van der Waals surface area contributed by atoms with Crippen molar-refractivity contribution in [3.8, 4) is 0 Å². The van der Waals surface area contributed by atoms with Crippen molar-refractivity contribution in [3.05, 3.63) is 20.3 Å². The number of thiophene rings is 1. The van der Waals surface area contributed by atoms with Crippen molar-refractivity contribution < 1.29 is 4.79 Å². The predicted octanol–water partition coefficient (Wildman–Crippen LogP) is 3.49. The normalized spacial score (nSPS) is 10.7. The van der Waals surface area contributed by atoms with Crippen LogP contribution in [-0.4, -0.2) is 25.5 Å². The molecule has 0 radical (unpaired) electrons. The Morgan fingerprint density at radius 2 is 2.11 bits per heavy atom. The van der Waals surface area contributed by atoms with E-state index in [0.717, 1.165) is 42.3 Å². The monoisotopic (exact) mass is 322 g/mol. The minimum absolute atomic E-state index is 0.0933. The van der Waals surface area contributed by atoms with Crippen LogP contribution in [0.15, 0.2) is 6.07 Å². The van der Waals surface area contributed by atoms with Gasteiger partial charge in [0.25, 0.3) is 0 Å². The maximum absolute atomic E-state index is 11.6. The number of aryl methyl sites for hydroxylation is 1. The van der Waals surface area contributed by atoms with E-state index in [2.05, 4.69) is 17.6 Å². The molecule has 0 saturated carbocycles. The van der Waals surface area contributed by atoms with Crippen molar-refractivity contribution in [1.82, 2.24) is 10.6 Å². The van der Waals surface area contributed by atoms with Crippen LogP contribution in [0.3, 0.4) is 0 Å². The molecule has 0 unspecified atom stereocenters. The molecule has 1 amide bonds. The van der Waals surface area contributed by atoms with Gasteiger partial charge in [-0.05, 0) is 37.4 Å². The first-order valence-corrected chi connectivity index (χ1v) is 8.11. The van der Waals surface area contributed by atoms with Crippen molar-refractivity contribution in [2.75, 3.05) is 19.6 Å². The third-order valence-electron chi connectivity index (χ3n) is 2.63. The summed E-state index contributed by atoms with van der Waals surface area (Å²) >= 11 is 13.3. The highest BCUT2D eigenvalue weighted by atomic mass is 35.5. The standard InChI is InChI=1S/C13H20Cl2N2OS/c1-2-6-16-7-8-17-12(18)5-3-4-10-9-11(14)19-13(10)15/h9,16H,2-8H2,1H3,(H,17,18). The molecular formula is C13H20Cl2N2OS. The second kappa shape index (κ2) is 9.59. The molecule has 0 saturated heterocycles. The van der Waals surface area contributed by atoms with Crippen LogP contribution in [0, 0.1) is 0 Å². The number of hydrogen-bond donors (Lipinski definition) is 2. The summed E-state index contributed by atoms with van der Waals surface area (Å²) in [5.41, 5.74) is 1.04. The summed E-state index contributed by atoms with van der Waals surface area (Å²) in [7, 11) is 0. The van der Waals surface area contributed by atoms with Gasteiger partial charge in [-0.2, -0.15) is 0 Å². The molecule has 6 heteroatoms. The topological polar surface area (TPSA) is 41.1 Å². The number of halogens is 2. The van der Waals surface area contributed by atoms with Crippen LogP contribution in [0.5, 0.6) is 0 Å². The molecular weight excluding hydrogens is 303 g/mol. The van der Waals surface area contributed by atoms with Crippen LogP contribution in [-0.2, 0) is 11.2 Å². The third-order valence-corrected chi connectivity index (χ3v) is 4.20. The predicted molar refractivity (Wildman–Crippen MR) is 83.4 cm³/mol. The van der Waals surface area contributed by atoms with Crippen molar-refractivity contribution >= 4 is 40.4 Å². The Hall–Kier alpha value is -0.290. The first kappa shape index (κ1) is 16.8. The van der Waals surface area contributed by atoms with Gasteiger partial charge >= 0.3 is 0 Å². The Morgan fingerprint density at radius 1 is 1.32 bits per heavy atom. The molecule has 0 aliphatic carbocycles. The summed E-state index contributed by atoms with van der Waals surface area (Å²) in [4.78, 5) is 11.6. The van der Waals surface area contributed by atoms with Crippen molar-refractivity contribution in [1.29, 1.82) is 0 Å². The Balaban J connectivity index is 2.08. The van der Waals surface area contributed by atoms with Crippen LogP contribution in [0.4, 0.5) is 0 Å². The fourth-order valence-electron chi connectivity index (χ4n) is 1.66.